The molecule has 1 aromatic heterocycles. The molecule has 0 aliphatic carbocycles. The molecule has 0 saturated carbocycles. The van der Waals surface area contributed by atoms with E-state index in [2.05, 4.69) is 17.2 Å². The molecule has 5 rings (SSSR count). The predicted molar refractivity (Wildman–Crippen MR) is 129 cm³/mol. The van der Waals surface area contributed by atoms with Crippen LogP contribution in [0.3, 0.4) is 0 Å². The largest absolute Gasteiger partial charge is 0.497 e. The molecule has 7 heteroatoms. The van der Waals surface area contributed by atoms with Crippen LogP contribution >= 0.6 is 0 Å². The first kappa shape index (κ1) is 22.2. The summed E-state index contributed by atoms with van der Waals surface area (Å²) in [5.74, 6) is 0.546. The maximum absolute atomic E-state index is 13.2. The lowest BCUT2D eigenvalue weighted by molar-refractivity contribution is 0.0651. The Labute approximate surface area is 198 Å². The van der Waals surface area contributed by atoms with Gasteiger partial charge in [-0.25, -0.2) is 0 Å². The van der Waals surface area contributed by atoms with E-state index in [1.165, 1.54) is 15.8 Å². The molecule has 1 fully saturated rings. The van der Waals surface area contributed by atoms with Crippen LogP contribution in [0.15, 0.2) is 42.6 Å². The molecular weight excluding hydrogens is 430 g/mol. The van der Waals surface area contributed by atoms with Gasteiger partial charge in [0.15, 0.2) is 0 Å². The molecule has 2 aliphatic rings. The molecule has 0 radical (unpaired) electrons. The fourth-order valence-corrected chi connectivity index (χ4v) is 5.11. The average molecular weight is 460 g/mol. The average Bonchev–Trinajstić information content (AvgIpc) is 3.40. The number of ether oxygens (including phenoxy) is 1. The van der Waals surface area contributed by atoms with E-state index in [4.69, 9.17) is 4.74 Å². The van der Waals surface area contributed by atoms with Crippen molar-refractivity contribution in [3.8, 4) is 5.75 Å². The van der Waals surface area contributed by atoms with Gasteiger partial charge in [-0.05, 0) is 67.1 Å². The molecule has 3 aromatic rings. The van der Waals surface area contributed by atoms with Crippen LogP contribution in [-0.4, -0.2) is 59.2 Å². The highest BCUT2D eigenvalue weighted by molar-refractivity contribution is 6.22. The third-order valence-electron chi connectivity index (χ3n) is 7.10. The Hall–Kier alpha value is -3.61. The summed E-state index contributed by atoms with van der Waals surface area (Å²) in [6.07, 6.45) is 5.47. The SMILES string of the molecule is CCCCN1C(=O)c2ccc(C(=O)N3CCC(c4c[nH]c5ccc(OC)cc45)CC3)cc2C1=O. The van der Waals surface area contributed by atoms with Gasteiger partial charge in [0, 0.05) is 42.3 Å². The number of carbonyl (C=O) groups is 3. The third kappa shape index (κ3) is 3.75. The van der Waals surface area contributed by atoms with E-state index in [0.717, 1.165) is 36.9 Å². The van der Waals surface area contributed by atoms with E-state index >= 15 is 0 Å². The lowest BCUT2D eigenvalue weighted by Gasteiger charge is -2.32. The van der Waals surface area contributed by atoms with Crippen LogP contribution in [-0.2, 0) is 0 Å². The Bertz CT molecular complexity index is 1270. The summed E-state index contributed by atoms with van der Waals surface area (Å²) in [5, 5.41) is 1.17. The number of aromatic nitrogens is 1. The fraction of sp³-hybridized carbons (Fsp3) is 0.370. The van der Waals surface area contributed by atoms with E-state index in [0.29, 0.717) is 42.2 Å². The number of nitrogens with one attached hydrogen (secondary N) is 1. The zero-order valence-corrected chi connectivity index (χ0v) is 19.6. The number of aromatic amines is 1. The Morgan fingerprint density at radius 3 is 2.56 bits per heavy atom. The van der Waals surface area contributed by atoms with Crippen LogP contribution < -0.4 is 4.74 Å². The van der Waals surface area contributed by atoms with E-state index in [1.54, 1.807) is 25.3 Å². The minimum absolute atomic E-state index is 0.0888. The maximum Gasteiger partial charge on any atom is 0.261 e. The molecule has 2 aliphatic heterocycles. The number of hydrogen-bond acceptors (Lipinski definition) is 4. The first-order valence-electron chi connectivity index (χ1n) is 12.0. The number of fused-ring (bicyclic) bond motifs is 2. The van der Waals surface area contributed by atoms with Gasteiger partial charge in [0.25, 0.3) is 17.7 Å². The normalized spacial score (nSPS) is 16.4. The summed E-state index contributed by atoms with van der Waals surface area (Å²) in [5.41, 5.74) is 3.54. The molecule has 1 saturated heterocycles. The Balaban J connectivity index is 1.29. The smallest absolute Gasteiger partial charge is 0.261 e. The van der Waals surface area contributed by atoms with Gasteiger partial charge >= 0.3 is 0 Å². The predicted octanol–water partition coefficient (Wildman–Crippen LogP) is 4.59. The highest BCUT2D eigenvalue weighted by atomic mass is 16.5. The summed E-state index contributed by atoms with van der Waals surface area (Å²) in [4.78, 5) is 45.1. The van der Waals surface area contributed by atoms with E-state index in [1.807, 2.05) is 24.0 Å². The third-order valence-corrected chi connectivity index (χ3v) is 7.10. The second-order valence-electron chi connectivity index (χ2n) is 9.10. The van der Waals surface area contributed by atoms with Crippen molar-refractivity contribution in [3.05, 3.63) is 64.8 Å². The molecule has 0 atom stereocenters. The zero-order valence-electron chi connectivity index (χ0n) is 19.6. The number of carbonyl (C=O) groups excluding carboxylic acids is 3. The quantitative estimate of drug-likeness (QED) is 0.547. The van der Waals surface area contributed by atoms with E-state index < -0.39 is 0 Å². The summed E-state index contributed by atoms with van der Waals surface area (Å²) >= 11 is 0. The number of rotatable bonds is 6. The number of imide groups is 1. The second kappa shape index (κ2) is 8.97. The molecule has 0 unspecified atom stereocenters. The standard InChI is InChI=1S/C27H29N3O4/c1-3-4-11-30-26(32)20-7-5-18(14-22(20)27(30)33)25(31)29-12-9-17(10-13-29)23-16-28-24-8-6-19(34-2)15-21(23)24/h5-8,14-17,28H,3-4,9-13H2,1-2H3. The first-order valence-corrected chi connectivity index (χ1v) is 12.0. The van der Waals surface area contributed by atoms with Gasteiger partial charge in [-0.2, -0.15) is 0 Å². The number of methoxy groups -OCH3 is 1. The molecule has 3 amide bonds. The maximum atomic E-state index is 13.2. The highest BCUT2D eigenvalue weighted by Crippen LogP contribution is 2.35. The van der Waals surface area contributed by atoms with Crippen molar-refractivity contribution in [2.24, 2.45) is 0 Å². The number of H-pyrrole nitrogens is 1. The van der Waals surface area contributed by atoms with Crippen molar-refractivity contribution in [2.75, 3.05) is 26.7 Å². The van der Waals surface area contributed by atoms with Gasteiger partial charge in [0.05, 0.1) is 18.2 Å². The molecule has 0 spiro atoms. The molecule has 0 bridgehead atoms. The number of likely N-dealkylation sites (tertiary alicyclic amines) is 1. The fourth-order valence-electron chi connectivity index (χ4n) is 5.11. The van der Waals surface area contributed by atoms with Crippen LogP contribution in [0.1, 0.15) is 75.2 Å². The van der Waals surface area contributed by atoms with Crippen molar-refractivity contribution >= 4 is 28.6 Å². The summed E-state index contributed by atoms with van der Waals surface area (Å²) in [7, 11) is 1.67. The Morgan fingerprint density at radius 1 is 1.06 bits per heavy atom. The number of benzene rings is 2. The lowest BCUT2D eigenvalue weighted by atomic mass is 9.89. The van der Waals surface area contributed by atoms with E-state index in [-0.39, 0.29) is 17.7 Å². The number of nitrogens with zero attached hydrogens (tertiary/aromatic N) is 2. The minimum Gasteiger partial charge on any atom is -0.497 e. The second-order valence-corrected chi connectivity index (χ2v) is 9.10. The van der Waals surface area contributed by atoms with Gasteiger partial charge in [-0.3, -0.25) is 19.3 Å². The summed E-state index contributed by atoms with van der Waals surface area (Å²) < 4.78 is 5.39. The van der Waals surface area contributed by atoms with Crippen molar-refractivity contribution in [3.63, 3.8) is 0 Å². The van der Waals surface area contributed by atoms with Crippen LogP contribution in [0.4, 0.5) is 0 Å². The van der Waals surface area contributed by atoms with E-state index in [9.17, 15) is 14.4 Å². The zero-order chi connectivity index (χ0) is 23.8. The molecule has 34 heavy (non-hydrogen) atoms. The Morgan fingerprint density at radius 2 is 1.82 bits per heavy atom. The topological polar surface area (TPSA) is 82.7 Å². The first-order chi connectivity index (χ1) is 16.5. The summed E-state index contributed by atoms with van der Waals surface area (Å²) in [6.45, 7) is 3.73. The van der Waals surface area contributed by atoms with Crippen LogP contribution in [0.2, 0.25) is 0 Å². The van der Waals surface area contributed by atoms with Crippen LogP contribution in [0.25, 0.3) is 10.9 Å². The van der Waals surface area contributed by atoms with Gasteiger partial charge < -0.3 is 14.6 Å². The molecular formula is C27H29N3O4. The highest BCUT2D eigenvalue weighted by Gasteiger charge is 2.36. The van der Waals surface area contributed by atoms with Crippen LogP contribution in [0, 0.1) is 0 Å². The molecule has 7 nitrogen and oxygen atoms in total. The van der Waals surface area contributed by atoms with Crippen LogP contribution in [0.5, 0.6) is 5.75 Å². The molecule has 2 aromatic carbocycles. The molecule has 1 N–H and O–H groups in total. The van der Waals surface area contributed by atoms with Gasteiger partial charge in [0.1, 0.15) is 5.75 Å². The lowest BCUT2D eigenvalue weighted by Crippen LogP contribution is -2.38. The number of unbranched alkanes of at least 4 members (excludes halogenated alkanes) is 1. The minimum atomic E-state index is -0.295. The Kier molecular flexibility index (Phi) is 5.86. The van der Waals surface area contributed by atoms with Gasteiger partial charge in [-0.15, -0.1) is 0 Å². The van der Waals surface area contributed by atoms with Gasteiger partial charge in [-0.1, -0.05) is 13.3 Å². The summed E-state index contributed by atoms with van der Waals surface area (Å²) in [6, 6.07) is 10.9. The number of hydrogen-bond donors (Lipinski definition) is 1. The number of amides is 3. The van der Waals surface area contributed by atoms with Crippen molar-refractivity contribution in [1.82, 2.24) is 14.8 Å². The van der Waals surface area contributed by atoms with Crippen molar-refractivity contribution in [1.29, 1.82) is 0 Å². The monoisotopic (exact) mass is 459 g/mol. The number of piperidine rings is 1. The van der Waals surface area contributed by atoms with Gasteiger partial charge in [0.2, 0.25) is 0 Å². The molecule has 176 valence electrons. The molecule has 3 heterocycles. The van der Waals surface area contributed by atoms with Crippen molar-refractivity contribution in [2.45, 2.75) is 38.5 Å². The van der Waals surface area contributed by atoms with Crippen molar-refractivity contribution < 1.29 is 19.1 Å².